The van der Waals surface area contributed by atoms with Crippen LogP contribution in [0.2, 0.25) is 0 Å². The minimum atomic E-state index is -0.172. The van der Waals surface area contributed by atoms with Crippen molar-refractivity contribution < 1.29 is 14.6 Å². The van der Waals surface area contributed by atoms with E-state index in [9.17, 15) is 4.79 Å². The molecule has 0 aliphatic heterocycles. The van der Waals surface area contributed by atoms with Crippen molar-refractivity contribution >= 4 is 12.0 Å². The number of carbonyl (C=O) groups excluding carboxylic acids is 1. The number of unbranched alkanes of at least 4 members (excludes halogenated alkanes) is 1. The molecule has 17 heavy (non-hydrogen) atoms. The molecule has 3 heteroatoms. The fourth-order valence-electron chi connectivity index (χ4n) is 1.52. The third-order valence-electron chi connectivity index (χ3n) is 2.50. The van der Waals surface area contributed by atoms with Crippen molar-refractivity contribution in [2.45, 2.75) is 25.9 Å². The summed E-state index contributed by atoms with van der Waals surface area (Å²) in [6.07, 6.45) is 6.04. The van der Waals surface area contributed by atoms with Gasteiger partial charge in [-0.2, -0.15) is 0 Å². The largest absolute Gasteiger partial charge is 0.469 e. The smallest absolute Gasteiger partial charge is 0.305 e. The quantitative estimate of drug-likeness (QED) is 0.607. The Kier molecular flexibility index (Phi) is 6.04. The monoisotopic (exact) mass is 234 g/mol. The third-order valence-corrected chi connectivity index (χ3v) is 2.50. The van der Waals surface area contributed by atoms with Crippen molar-refractivity contribution in [2.75, 3.05) is 7.11 Å². The van der Waals surface area contributed by atoms with Crippen LogP contribution in [0.5, 0.6) is 0 Å². The number of ether oxygens (including phenoxy) is 1. The second kappa shape index (κ2) is 7.63. The number of esters is 1. The molecule has 0 unspecified atom stereocenters. The van der Waals surface area contributed by atoms with E-state index >= 15 is 0 Å². The molecular weight excluding hydrogens is 216 g/mol. The maximum absolute atomic E-state index is 10.9. The second-order valence-corrected chi connectivity index (χ2v) is 3.73. The van der Waals surface area contributed by atoms with Crippen LogP contribution in [0.1, 0.15) is 30.4 Å². The van der Waals surface area contributed by atoms with Gasteiger partial charge >= 0.3 is 5.97 Å². The number of hydrogen-bond acceptors (Lipinski definition) is 3. The Bertz CT molecular complexity index is 383. The number of rotatable bonds is 6. The van der Waals surface area contributed by atoms with E-state index in [-0.39, 0.29) is 12.6 Å². The molecule has 1 rings (SSSR count). The van der Waals surface area contributed by atoms with Crippen LogP contribution < -0.4 is 0 Å². The molecule has 0 bridgehead atoms. The summed E-state index contributed by atoms with van der Waals surface area (Å²) < 4.78 is 4.56. The normalized spacial score (nSPS) is 10.7. The van der Waals surface area contributed by atoms with Crippen LogP contribution in [0.3, 0.4) is 0 Å². The average molecular weight is 234 g/mol. The van der Waals surface area contributed by atoms with Gasteiger partial charge in [0.1, 0.15) is 0 Å². The van der Waals surface area contributed by atoms with Crippen molar-refractivity contribution in [3.05, 3.63) is 41.5 Å². The molecule has 0 radical (unpaired) electrons. The lowest BCUT2D eigenvalue weighted by Crippen LogP contribution is -1.98. The van der Waals surface area contributed by atoms with Crippen LogP contribution >= 0.6 is 0 Å². The lowest BCUT2D eigenvalue weighted by Gasteiger charge is -2.01. The summed E-state index contributed by atoms with van der Waals surface area (Å²) in [7, 11) is 1.40. The van der Waals surface area contributed by atoms with Gasteiger partial charge in [0, 0.05) is 6.42 Å². The lowest BCUT2D eigenvalue weighted by molar-refractivity contribution is -0.140. The maximum atomic E-state index is 10.9. The average Bonchev–Trinajstić information content (AvgIpc) is 2.38. The van der Waals surface area contributed by atoms with E-state index in [2.05, 4.69) is 4.74 Å². The molecule has 92 valence electrons. The number of benzene rings is 1. The van der Waals surface area contributed by atoms with Gasteiger partial charge in [-0.15, -0.1) is 0 Å². The Morgan fingerprint density at radius 1 is 1.41 bits per heavy atom. The van der Waals surface area contributed by atoms with Crippen molar-refractivity contribution in [3.63, 3.8) is 0 Å². The zero-order valence-corrected chi connectivity index (χ0v) is 10.1. The molecule has 0 saturated carbocycles. The molecule has 0 atom stereocenters. The molecule has 0 aromatic heterocycles. The van der Waals surface area contributed by atoms with Crippen molar-refractivity contribution in [3.8, 4) is 0 Å². The molecule has 0 amide bonds. The van der Waals surface area contributed by atoms with Gasteiger partial charge in [0.2, 0.25) is 0 Å². The molecule has 3 nitrogen and oxygen atoms in total. The van der Waals surface area contributed by atoms with E-state index in [0.29, 0.717) is 6.42 Å². The van der Waals surface area contributed by atoms with Gasteiger partial charge in [-0.05, 0) is 24.0 Å². The van der Waals surface area contributed by atoms with Crippen molar-refractivity contribution in [1.29, 1.82) is 0 Å². The summed E-state index contributed by atoms with van der Waals surface area (Å²) in [6.45, 7) is 0.0443. The molecule has 1 N–H and O–H groups in total. The highest BCUT2D eigenvalue weighted by atomic mass is 16.5. The highest BCUT2D eigenvalue weighted by Gasteiger charge is 1.98. The van der Waals surface area contributed by atoms with Crippen LogP contribution in [0.4, 0.5) is 0 Å². The minimum absolute atomic E-state index is 0.0443. The maximum Gasteiger partial charge on any atom is 0.305 e. The summed E-state index contributed by atoms with van der Waals surface area (Å²) in [5, 5.41) is 9.13. The van der Waals surface area contributed by atoms with E-state index < -0.39 is 0 Å². The van der Waals surface area contributed by atoms with Gasteiger partial charge in [0.05, 0.1) is 13.7 Å². The Labute approximate surface area is 102 Å². The van der Waals surface area contributed by atoms with Crippen LogP contribution in [0.15, 0.2) is 30.3 Å². The Morgan fingerprint density at radius 3 is 2.88 bits per heavy atom. The number of aliphatic hydroxyl groups excluding tert-OH is 1. The predicted octanol–water partition coefficient (Wildman–Crippen LogP) is 2.54. The first kappa shape index (κ1) is 13.5. The summed E-state index contributed by atoms with van der Waals surface area (Å²) >= 11 is 0. The van der Waals surface area contributed by atoms with Gasteiger partial charge < -0.3 is 9.84 Å². The fourth-order valence-corrected chi connectivity index (χ4v) is 1.52. The predicted molar refractivity (Wildman–Crippen MR) is 67.3 cm³/mol. The SMILES string of the molecule is COC(=O)CCC/C=C/c1ccccc1CO. The standard InChI is InChI=1S/C14H18O3/c1-17-14(16)10-4-2-3-7-12-8-5-6-9-13(12)11-15/h3,5-9,15H,2,4,10-11H2,1H3/b7-3+. The fraction of sp³-hybridized carbons (Fsp3) is 0.357. The topological polar surface area (TPSA) is 46.5 Å². The number of carbonyl (C=O) groups is 1. The summed E-state index contributed by atoms with van der Waals surface area (Å²) in [5.74, 6) is -0.172. The molecule has 1 aromatic rings. The molecule has 0 aliphatic rings. The van der Waals surface area contributed by atoms with Crippen LogP contribution in [0, 0.1) is 0 Å². The van der Waals surface area contributed by atoms with Crippen LogP contribution in [-0.2, 0) is 16.1 Å². The van der Waals surface area contributed by atoms with Gasteiger partial charge in [-0.3, -0.25) is 4.79 Å². The van der Waals surface area contributed by atoms with E-state index in [1.165, 1.54) is 7.11 Å². The van der Waals surface area contributed by atoms with E-state index in [4.69, 9.17) is 5.11 Å². The van der Waals surface area contributed by atoms with Crippen molar-refractivity contribution in [1.82, 2.24) is 0 Å². The van der Waals surface area contributed by atoms with Crippen molar-refractivity contribution in [2.24, 2.45) is 0 Å². The highest BCUT2D eigenvalue weighted by Crippen LogP contribution is 2.11. The molecule has 0 saturated heterocycles. The van der Waals surface area contributed by atoms with Gasteiger partial charge in [-0.25, -0.2) is 0 Å². The number of aliphatic hydroxyl groups is 1. The molecule has 0 spiro atoms. The van der Waals surface area contributed by atoms with Gasteiger partial charge in [-0.1, -0.05) is 36.4 Å². The first-order chi connectivity index (χ1) is 8.27. The molecule has 0 heterocycles. The van der Waals surface area contributed by atoms with Gasteiger partial charge in [0.25, 0.3) is 0 Å². The Morgan fingerprint density at radius 2 is 2.18 bits per heavy atom. The zero-order chi connectivity index (χ0) is 12.5. The molecule has 0 fully saturated rings. The molecule has 0 aliphatic carbocycles. The lowest BCUT2D eigenvalue weighted by atomic mass is 10.1. The van der Waals surface area contributed by atoms with E-state index in [1.807, 2.05) is 36.4 Å². The van der Waals surface area contributed by atoms with E-state index in [0.717, 1.165) is 24.0 Å². The molecule has 1 aromatic carbocycles. The third kappa shape index (κ3) is 4.83. The Balaban J connectivity index is 2.40. The summed E-state index contributed by atoms with van der Waals surface area (Å²) in [5.41, 5.74) is 1.93. The number of allylic oxidation sites excluding steroid dienone is 1. The highest BCUT2D eigenvalue weighted by molar-refractivity contribution is 5.69. The number of methoxy groups -OCH3 is 1. The van der Waals surface area contributed by atoms with Crippen LogP contribution in [-0.4, -0.2) is 18.2 Å². The first-order valence-corrected chi connectivity index (χ1v) is 5.70. The summed E-state index contributed by atoms with van der Waals surface area (Å²) in [4.78, 5) is 10.9. The minimum Gasteiger partial charge on any atom is -0.469 e. The second-order valence-electron chi connectivity index (χ2n) is 3.73. The summed E-state index contributed by atoms with van der Waals surface area (Å²) in [6, 6.07) is 7.70. The van der Waals surface area contributed by atoms with Crippen LogP contribution in [0.25, 0.3) is 6.08 Å². The number of hydrogen-bond donors (Lipinski definition) is 1. The zero-order valence-electron chi connectivity index (χ0n) is 10.1. The first-order valence-electron chi connectivity index (χ1n) is 5.70. The molecular formula is C14H18O3. The van der Waals surface area contributed by atoms with E-state index in [1.54, 1.807) is 0 Å². The Hall–Kier alpha value is -1.61. The van der Waals surface area contributed by atoms with Gasteiger partial charge in [0.15, 0.2) is 0 Å².